The SMILES string of the molecule is CSc1ccccc1C1CCCN1C(=O)CNC(=O)NCc1ccc2c(c1)[C@@H]1C[C@@H](N2)[C@H](O[Si](C)(C)C(C)(C)C)CO1. The summed E-state index contributed by atoms with van der Waals surface area (Å²) in [5.41, 5.74) is 4.38. The highest BCUT2D eigenvalue weighted by Crippen LogP contribution is 2.43. The molecular weight excluding hydrogens is 565 g/mol. The van der Waals surface area contributed by atoms with Crippen molar-refractivity contribution < 1.29 is 18.8 Å². The number of anilines is 1. The minimum Gasteiger partial charge on any atom is -0.409 e. The first-order valence-corrected chi connectivity index (χ1v) is 19.2. The number of hydrogen-bond acceptors (Lipinski definition) is 6. The second kappa shape index (κ2) is 12.6. The van der Waals surface area contributed by atoms with Gasteiger partial charge in [-0.2, -0.15) is 0 Å². The minimum absolute atomic E-state index is 0.0153. The van der Waals surface area contributed by atoms with E-state index in [1.54, 1.807) is 11.8 Å². The molecule has 3 aliphatic rings. The van der Waals surface area contributed by atoms with Crippen LogP contribution in [0.4, 0.5) is 10.5 Å². The average Bonchev–Trinajstić information content (AvgIpc) is 3.45. The standard InChI is InChI=1S/C32H46N4O4SSi/c1-32(2,3)42(5,6)40-28-20-39-27-17-25(28)35-24-14-13-21(16-23(24)27)18-33-31(38)34-19-30(37)36-15-9-11-26(36)22-10-7-8-12-29(22)41-4/h7-8,10,12-14,16,25-28,35H,9,11,15,17-20H2,1-6H3,(H2,33,34,38)/t25-,26?,27+,28-/m1/s1. The Kier molecular flexibility index (Phi) is 9.27. The molecule has 4 atom stereocenters. The molecule has 2 aromatic rings. The van der Waals surface area contributed by atoms with Gasteiger partial charge in [0, 0.05) is 35.7 Å². The molecule has 0 radical (unpaired) electrons. The van der Waals surface area contributed by atoms with E-state index in [0.717, 1.165) is 36.1 Å². The van der Waals surface area contributed by atoms with E-state index in [-0.39, 0.29) is 47.8 Å². The van der Waals surface area contributed by atoms with Crippen molar-refractivity contribution in [1.82, 2.24) is 15.5 Å². The van der Waals surface area contributed by atoms with Gasteiger partial charge in [-0.1, -0.05) is 45.0 Å². The fourth-order valence-corrected chi connectivity index (χ4v) is 7.97. The topological polar surface area (TPSA) is 91.9 Å². The van der Waals surface area contributed by atoms with Gasteiger partial charge in [-0.25, -0.2) is 4.79 Å². The van der Waals surface area contributed by atoms with Crippen LogP contribution in [-0.2, 0) is 20.5 Å². The number of amides is 3. The fourth-order valence-electron chi connectivity index (χ4n) is 5.97. The number of nitrogens with zero attached hydrogens (tertiary/aromatic N) is 1. The normalized spacial score (nSPS) is 23.6. The number of urea groups is 1. The van der Waals surface area contributed by atoms with E-state index in [1.807, 2.05) is 23.1 Å². The molecule has 0 saturated carbocycles. The van der Waals surface area contributed by atoms with E-state index in [9.17, 15) is 9.59 Å². The zero-order valence-corrected chi connectivity index (χ0v) is 27.6. The largest absolute Gasteiger partial charge is 0.409 e. The van der Waals surface area contributed by atoms with Crippen molar-refractivity contribution >= 4 is 37.7 Å². The van der Waals surface area contributed by atoms with Crippen LogP contribution in [0.15, 0.2) is 47.4 Å². The van der Waals surface area contributed by atoms with Gasteiger partial charge in [-0.15, -0.1) is 11.8 Å². The Morgan fingerprint density at radius 3 is 2.69 bits per heavy atom. The molecule has 10 heteroatoms. The molecule has 0 aromatic heterocycles. The lowest BCUT2D eigenvalue weighted by atomic mass is 9.89. The lowest BCUT2D eigenvalue weighted by Crippen LogP contribution is -2.54. The number of nitrogens with one attached hydrogen (secondary N) is 3. The highest BCUT2D eigenvalue weighted by Gasteiger charge is 2.44. The predicted molar refractivity (Wildman–Crippen MR) is 171 cm³/mol. The van der Waals surface area contributed by atoms with E-state index in [0.29, 0.717) is 19.7 Å². The summed E-state index contributed by atoms with van der Waals surface area (Å²) in [5.74, 6) is -0.0525. The molecule has 3 aliphatic heterocycles. The van der Waals surface area contributed by atoms with Crippen molar-refractivity contribution in [3.05, 3.63) is 59.2 Å². The number of fused-ring (bicyclic) bond motifs is 4. The maximum atomic E-state index is 13.1. The zero-order valence-electron chi connectivity index (χ0n) is 25.8. The molecule has 2 fully saturated rings. The van der Waals surface area contributed by atoms with Gasteiger partial charge in [0.15, 0.2) is 8.32 Å². The van der Waals surface area contributed by atoms with E-state index < -0.39 is 8.32 Å². The highest BCUT2D eigenvalue weighted by atomic mass is 32.2. The van der Waals surface area contributed by atoms with Gasteiger partial charge in [-0.3, -0.25) is 4.79 Å². The number of thioether (sulfide) groups is 1. The maximum absolute atomic E-state index is 13.1. The summed E-state index contributed by atoms with van der Waals surface area (Å²) in [4.78, 5) is 28.8. The Morgan fingerprint density at radius 2 is 1.93 bits per heavy atom. The van der Waals surface area contributed by atoms with Gasteiger partial charge in [-0.05, 0) is 66.6 Å². The summed E-state index contributed by atoms with van der Waals surface area (Å²) >= 11 is 1.70. The van der Waals surface area contributed by atoms with Crippen LogP contribution in [0, 0.1) is 0 Å². The monoisotopic (exact) mass is 610 g/mol. The van der Waals surface area contributed by atoms with Crippen LogP contribution in [0.25, 0.3) is 0 Å². The van der Waals surface area contributed by atoms with E-state index in [1.165, 1.54) is 10.5 Å². The van der Waals surface area contributed by atoms with Crippen molar-refractivity contribution in [1.29, 1.82) is 0 Å². The average molecular weight is 611 g/mol. The van der Waals surface area contributed by atoms with Crippen molar-refractivity contribution in [2.45, 2.75) is 93.9 Å². The van der Waals surface area contributed by atoms with Crippen LogP contribution in [0.5, 0.6) is 0 Å². The van der Waals surface area contributed by atoms with Crippen molar-refractivity contribution in [3.63, 3.8) is 0 Å². The van der Waals surface area contributed by atoms with E-state index in [4.69, 9.17) is 9.16 Å². The Balaban J connectivity index is 1.13. The van der Waals surface area contributed by atoms with Gasteiger partial charge in [0.1, 0.15) is 0 Å². The number of carbonyl (C=O) groups is 2. The number of likely N-dealkylation sites (tertiary alicyclic amines) is 1. The van der Waals surface area contributed by atoms with Crippen molar-refractivity contribution in [2.75, 3.05) is 31.3 Å². The molecule has 5 rings (SSSR count). The number of ether oxygens (including phenoxy) is 1. The minimum atomic E-state index is -1.91. The summed E-state index contributed by atoms with van der Waals surface area (Å²) in [6.45, 7) is 13.0. The summed E-state index contributed by atoms with van der Waals surface area (Å²) in [7, 11) is -1.91. The summed E-state index contributed by atoms with van der Waals surface area (Å²) in [5, 5.41) is 9.53. The van der Waals surface area contributed by atoms with Gasteiger partial charge in [0.25, 0.3) is 0 Å². The lowest BCUT2D eigenvalue weighted by molar-refractivity contribution is -0.131. The molecule has 0 aliphatic carbocycles. The second-order valence-electron chi connectivity index (χ2n) is 13.2. The first-order chi connectivity index (χ1) is 20.0. The number of benzene rings is 2. The first kappa shape index (κ1) is 30.9. The molecule has 2 bridgehead atoms. The fraction of sp³-hybridized carbons (Fsp3) is 0.562. The summed E-state index contributed by atoms with van der Waals surface area (Å²) in [6, 6.07) is 14.4. The molecule has 3 N–H and O–H groups in total. The van der Waals surface area contributed by atoms with Crippen LogP contribution in [0.3, 0.4) is 0 Å². The molecule has 1 unspecified atom stereocenters. The molecule has 3 amide bonds. The Labute approximate surface area is 255 Å². The van der Waals surface area contributed by atoms with Gasteiger partial charge in [0.2, 0.25) is 5.91 Å². The predicted octanol–water partition coefficient (Wildman–Crippen LogP) is 6.22. The number of rotatable bonds is 8. The highest BCUT2D eigenvalue weighted by molar-refractivity contribution is 7.98. The van der Waals surface area contributed by atoms with Crippen LogP contribution in [-0.4, -0.2) is 63.3 Å². The molecule has 42 heavy (non-hydrogen) atoms. The van der Waals surface area contributed by atoms with E-state index >= 15 is 0 Å². The van der Waals surface area contributed by atoms with Gasteiger partial charge < -0.3 is 30.0 Å². The van der Waals surface area contributed by atoms with E-state index in [2.05, 4.69) is 80.3 Å². The molecule has 228 valence electrons. The Morgan fingerprint density at radius 1 is 1.14 bits per heavy atom. The van der Waals surface area contributed by atoms with Crippen molar-refractivity contribution in [2.24, 2.45) is 0 Å². The third-order valence-electron chi connectivity index (χ3n) is 9.36. The third kappa shape index (κ3) is 6.66. The van der Waals surface area contributed by atoms with Crippen molar-refractivity contribution in [3.8, 4) is 0 Å². The maximum Gasteiger partial charge on any atom is 0.315 e. The first-order valence-electron chi connectivity index (χ1n) is 15.1. The third-order valence-corrected chi connectivity index (χ3v) is 14.7. The Hall–Kier alpha value is -2.53. The quantitative estimate of drug-likeness (QED) is 0.243. The molecule has 2 aromatic carbocycles. The molecule has 2 saturated heterocycles. The van der Waals surface area contributed by atoms with Gasteiger partial charge >= 0.3 is 6.03 Å². The van der Waals surface area contributed by atoms with Crippen LogP contribution < -0.4 is 16.0 Å². The van der Waals surface area contributed by atoms with Crippen LogP contribution in [0.1, 0.15) is 68.9 Å². The van der Waals surface area contributed by atoms with Crippen LogP contribution >= 0.6 is 11.8 Å². The molecule has 0 spiro atoms. The lowest BCUT2D eigenvalue weighted by Gasteiger charge is -2.47. The summed E-state index contributed by atoms with van der Waals surface area (Å²) in [6.07, 6.45) is 4.89. The molecule has 3 heterocycles. The Bertz CT molecular complexity index is 1300. The smallest absolute Gasteiger partial charge is 0.315 e. The molecule has 8 nitrogen and oxygen atoms in total. The number of carbonyl (C=O) groups excluding carboxylic acids is 2. The van der Waals surface area contributed by atoms with Gasteiger partial charge in [0.05, 0.1) is 37.4 Å². The molecular formula is C32H46N4O4SSi. The van der Waals surface area contributed by atoms with Crippen LogP contribution in [0.2, 0.25) is 18.1 Å². The zero-order chi connectivity index (χ0) is 30.1. The summed E-state index contributed by atoms with van der Waals surface area (Å²) < 4.78 is 13.0. The number of hydrogen-bond donors (Lipinski definition) is 3. The second-order valence-corrected chi connectivity index (χ2v) is 18.8.